The number of primary amides is 1. The number of hydrogen-bond donors (Lipinski definition) is 3. The van der Waals surface area contributed by atoms with Crippen LogP contribution in [0, 0.1) is 0 Å². The molecule has 0 bridgehead atoms. The molecule has 9 heteroatoms. The normalized spacial score (nSPS) is 16.2. The van der Waals surface area contributed by atoms with Gasteiger partial charge >= 0.3 is 0 Å². The number of nitrogens with two attached hydrogens (primary N) is 1. The van der Waals surface area contributed by atoms with E-state index in [1.54, 1.807) is 0 Å². The molecule has 1 fully saturated rings. The highest BCUT2D eigenvalue weighted by atomic mass is 32.2. The van der Waals surface area contributed by atoms with Crippen LogP contribution in [0.5, 0.6) is 5.75 Å². The van der Waals surface area contributed by atoms with Gasteiger partial charge in [0.1, 0.15) is 12.5 Å². The van der Waals surface area contributed by atoms with Gasteiger partial charge in [-0.05, 0) is 56.7 Å². The van der Waals surface area contributed by atoms with Gasteiger partial charge in [0.05, 0.1) is 11.9 Å². The lowest BCUT2D eigenvalue weighted by molar-refractivity contribution is -0.113. The number of sulfonamides is 1. The lowest BCUT2D eigenvalue weighted by atomic mass is 10.1. The van der Waals surface area contributed by atoms with E-state index < -0.39 is 15.9 Å². The second kappa shape index (κ2) is 11.8. The summed E-state index contributed by atoms with van der Waals surface area (Å²) in [5.41, 5.74) is 5.81. The van der Waals surface area contributed by atoms with Crippen LogP contribution in [-0.4, -0.2) is 39.5 Å². The molecule has 0 heterocycles. The summed E-state index contributed by atoms with van der Waals surface area (Å²) in [7, 11) is -3.44. The van der Waals surface area contributed by atoms with Crippen molar-refractivity contribution in [1.29, 1.82) is 0 Å². The minimum absolute atomic E-state index is 0.0350. The van der Waals surface area contributed by atoms with Crippen molar-refractivity contribution in [2.75, 3.05) is 19.1 Å². The van der Waals surface area contributed by atoms with Crippen molar-refractivity contribution in [2.45, 2.75) is 51.2 Å². The first-order valence-corrected chi connectivity index (χ1v) is 11.5. The molecule has 162 valence electrons. The Balaban J connectivity index is 1.72. The van der Waals surface area contributed by atoms with E-state index >= 15 is 0 Å². The fourth-order valence-corrected chi connectivity index (χ4v) is 4.41. The standard InChI is InChI=1S/C20H31N3O5S/c1-16(17-6-4-9-19(14-17)28-18-7-2-3-8-18)23-29(25,26)13-5-12-27-15-22-11-10-20(21)24/h4,6,9-11,14,16,18,22-23H,2-3,5,7-8,12-13,15H2,1H3,(H2,21,24)/b11-10-/t16-/m1/s1. The van der Waals surface area contributed by atoms with Crippen molar-refractivity contribution in [3.63, 3.8) is 0 Å². The van der Waals surface area contributed by atoms with Crippen LogP contribution >= 0.6 is 0 Å². The highest BCUT2D eigenvalue weighted by Crippen LogP contribution is 2.26. The molecule has 1 aliphatic carbocycles. The minimum Gasteiger partial charge on any atom is -0.490 e. The Morgan fingerprint density at radius 2 is 2.10 bits per heavy atom. The number of benzene rings is 1. The highest BCUT2D eigenvalue weighted by molar-refractivity contribution is 7.89. The Bertz CT molecular complexity index is 776. The van der Waals surface area contributed by atoms with Crippen LogP contribution in [0.2, 0.25) is 0 Å². The van der Waals surface area contributed by atoms with Crippen molar-refractivity contribution >= 4 is 15.9 Å². The van der Waals surface area contributed by atoms with Crippen molar-refractivity contribution in [2.24, 2.45) is 5.73 Å². The number of ether oxygens (including phenoxy) is 2. The van der Waals surface area contributed by atoms with Crippen molar-refractivity contribution < 1.29 is 22.7 Å². The number of carbonyl (C=O) groups is 1. The number of hydrogen-bond acceptors (Lipinski definition) is 6. The third-order valence-corrected chi connectivity index (χ3v) is 6.11. The molecule has 1 amide bonds. The molecule has 0 unspecified atom stereocenters. The van der Waals surface area contributed by atoms with E-state index in [9.17, 15) is 13.2 Å². The number of amides is 1. The average molecular weight is 426 g/mol. The Morgan fingerprint density at radius 3 is 2.83 bits per heavy atom. The van der Waals surface area contributed by atoms with E-state index in [1.165, 1.54) is 25.1 Å². The molecular weight excluding hydrogens is 394 g/mol. The molecule has 0 aromatic heterocycles. The molecule has 29 heavy (non-hydrogen) atoms. The van der Waals surface area contributed by atoms with Crippen molar-refractivity contribution in [3.8, 4) is 5.75 Å². The smallest absolute Gasteiger partial charge is 0.242 e. The van der Waals surface area contributed by atoms with Crippen LogP contribution in [-0.2, 0) is 19.6 Å². The second-order valence-corrected chi connectivity index (χ2v) is 8.97. The quantitative estimate of drug-likeness (QED) is 0.252. The summed E-state index contributed by atoms with van der Waals surface area (Å²) in [5, 5.41) is 2.72. The van der Waals surface area contributed by atoms with Gasteiger partial charge in [-0.25, -0.2) is 13.1 Å². The summed E-state index contributed by atoms with van der Waals surface area (Å²) in [6.45, 7) is 2.26. The zero-order valence-corrected chi connectivity index (χ0v) is 17.6. The zero-order valence-electron chi connectivity index (χ0n) is 16.8. The summed E-state index contributed by atoms with van der Waals surface area (Å²) in [6, 6.07) is 7.24. The maximum Gasteiger partial charge on any atom is 0.242 e. The van der Waals surface area contributed by atoms with Gasteiger partial charge in [0.25, 0.3) is 0 Å². The zero-order chi connectivity index (χ0) is 21.1. The third-order valence-electron chi connectivity index (χ3n) is 4.57. The van der Waals surface area contributed by atoms with E-state index in [4.69, 9.17) is 15.2 Å². The van der Waals surface area contributed by atoms with Gasteiger partial charge in [-0.15, -0.1) is 0 Å². The fourth-order valence-electron chi connectivity index (χ4n) is 3.12. The van der Waals surface area contributed by atoms with Crippen LogP contribution in [0.1, 0.15) is 50.6 Å². The Kier molecular flexibility index (Phi) is 9.43. The molecule has 2 rings (SSSR count). The predicted octanol–water partition coefficient (Wildman–Crippen LogP) is 1.94. The van der Waals surface area contributed by atoms with E-state index in [2.05, 4.69) is 10.0 Å². The van der Waals surface area contributed by atoms with Crippen LogP contribution in [0.3, 0.4) is 0 Å². The first kappa shape index (κ1) is 23.2. The van der Waals surface area contributed by atoms with Gasteiger partial charge in [-0.1, -0.05) is 12.1 Å². The molecule has 0 aliphatic heterocycles. The Hall–Kier alpha value is -2.10. The van der Waals surface area contributed by atoms with Crippen LogP contribution < -0.4 is 20.5 Å². The molecule has 0 saturated heterocycles. The summed E-state index contributed by atoms with van der Waals surface area (Å²) >= 11 is 0. The molecular formula is C20H31N3O5S. The molecule has 1 aromatic carbocycles. The lowest BCUT2D eigenvalue weighted by Gasteiger charge is -2.17. The summed E-state index contributed by atoms with van der Waals surface area (Å²) in [6.07, 6.45) is 7.72. The molecule has 1 aliphatic rings. The molecule has 1 saturated carbocycles. The van der Waals surface area contributed by atoms with Gasteiger partial charge in [-0.3, -0.25) is 4.79 Å². The van der Waals surface area contributed by atoms with Crippen LogP contribution in [0.15, 0.2) is 36.5 Å². The van der Waals surface area contributed by atoms with Crippen molar-refractivity contribution in [1.82, 2.24) is 10.0 Å². The fraction of sp³-hybridized carbons (Fsp3) is 0.550. The summed E-state index contributed by atoms with van der Waals surface area (Å²) < 4.78 is 38.6. The van der Waals surface area contributed by atoms with Gasteiger partial charge in [-0.2, -0.15) is 0 Å². The second-order valence-electron chi connectivity index (χ2n) is 7.10. The van der Waals surface area contributed by atoms with E-state index in [0.717, 1.165) is 24.2 Å². The summed E-state index contributed by atoms with van der Waals surface area (Å²) in [5.74, 6) is 0.193. The molecule has 1 aromatic rings. The Labute approximate surface area is 172 Å². The first-order chi connectivity index (χ1) is 13.9. The first-order valence-electron chi connectivity index (χ1n) is 9.89. The predicted molar refractivity (Wildman–Crippen MR) is 112 cm³/mol. The third kappa shape index (κ3) is 9.29. The van der Waals surface area contributed by atoms with Crippen LogP contribution in [0.4, 0.5) is 0 Å². The van der Waals surface area contributed by atoms with Gasteiger partial charge in [0, 0.05) is 24.9 Å². The maximum absolute atomic E-state index is 12.3. The highest BCUT2D eigenvalue weighted by Gasteiger charge is 2.18. The van der Waals surface area contributed by atoms with Gasteiger partial charge < -0.3 is 20.5 Å². The number of carbonyl (C=O) groups excluding carboxylic acids is 1. The lowest BCUT2D eigenvalue weighted by Crippen LogP contribution is -2.29. The van der Waals surface area contributed by atoms with E-state index in [0.29, 0.717) is 6.42 Å². The molecule has 1 atom stereocenters. The molecule has 0 spiro atoms. The minimum atomic E-state index is -3.44. The Morgan fingerprint density at radius 1 is 1.34 bits per heavy atom. The number of nitrogens with one attached hydrogen (secondary N) is 2. The SMILES string of the molecule is C[C@@H](NS(=O)(=O)CCCOCN/C=C\C(N)=O)c1cccc(OC2CCCC2)c1. The largest absolute Gasteiger partial charge is 0.490 e. The molecule has 0 radical (unpaired) electrons. The monoisotopic (exact) mass is 425 g/mol. The van der Waals surface area contributed by atoms with E-state index in [1.807, 2.05) is 31.2 Å². The maximum atomic E-state index is 12.3. The average Bonchev–Trinajstić information content (AvgIpc) is 3.16. The van der Waals surface area contributed by atoms with Crippen LogP contribution in [0.25, 0.3) is 0 Å². The van der Waals surface area contributed by atoms with E-state index in [-0.39, 0.29) is 31.2 Å². The summed E-state index contributed by atoms with van der Waals surface area (Å²) in [4.78, 5) is 10.5. The van der Waals surface area contributed by atoms with Gasteiger partial charge in [0.2, 0.25) is 15.9 Å². The number of rotatable bonds is 13. The molecule has 8 nitrogen and oxygen atoms in total. The molecule has 4 N–H and O–H groups in total. The van der Waals surface area contributed by atoms with Crippen molar-refractivity contribution in [3.05, 3.63) is 42.1 Å². The van der Waals surface area contributed by atoms with Gasteiger partial charge in [0.15, 0.2) is 0 Å². The topological polar surface area (TPSA) is 120 Å².